The standard InChI is InChI=1S/C14H17NO4/c1-9(2)19-11-5-3-10(4-6-11)15-12(14(17)18)7-8-13(15)16/h3-6,9,12H,7-8H2,1-2H3,(H,17,18). The summed E-state index contributed by atoms with van der Waals surface area (Å²) in [6.45, 7) is 3.86. The predicted octanol–water partition coefficient (Wildman–Crippen LogP) is 2.05. The van der Waals surface area contributed by atoms with Gasteiger partial charge < -0.3 is 9.84 Å². The van der Waals surface area contributed by atoms with Gasteiger partial charge in [0, 0.05) is 12.1 Å². The van der Waals surface area contributed by atoms with Crippen molar-refractivity contribution in [2.45, 2.75) is 38.8 Å². The fraction of sp³-hybridized carbons (Fsp3) is 0.429. The third kappa shape index (κ3) is 2.86. The third-order valence-electron chi connectivity index (χ3n) is 2.98. The van der Waals surface area contributed by atoms with Gasteiger partial charge in [0.2, 0.25) is 5.91 Å². The zero-order valence-corrected chi connectivity index (χ0v) is 11.0. The Hall–Kier alpha value is -2.04. The smallest absolute Gasteiger partial charge is 0.326 e. The molecule has 1 aromatic rings. The van der Waals surface area contributed by atoms with Crippen LogP contribution >= 0.6 is 0 Å². The summed E-state index contributed by atoms with van der Waals surface area (Å²) in [5.41, 5.74) is 0.603. The van der Waals surface area contributed by atoms with E-state index in [9.17, 15) is 9.59 Å². The molecule has 19 heavy (non-hydrogen) atoms. The maximum Gasteiger partial charge on any atom is 0.326 e. The highest BCUT2D eigenvalue weighted by Crippen LogP contribution is 2.28. The minimum Gasteiger partial charge on any atom is -0.491 e. The molecule has 1 heterocycles. The van der Waals surface area contributed by atoms with E-state index >= 15 is 0 Å². The molecule has 0 radical (unpaired) electrons. The van der Waals surface area contributed by atoms with Crippen LogP contribution in [0.2, 0.25) is 0 Å². The van der Waals surface area contributed by atoms with Gasteiger partial charge in [-0.15, -0.1) is 0 Å². The topological polar surface area (TPSA) is 66.8 Å². The second-order valence-electron chi connectivity index (χ2n) is 4.82. The van der Waals surface area contributed by atoms with Gasteiger partial charge in [-0.1, -0.05) is 0 Å². The molecule has 102 valence electrons. The number of hydrogen-bond donors (Lipinski definition) is 1. The van der Waals surface area contributed by atoms with E-state index in [1.807, 2.05) is 13.8 Å². The molecule has 0 spiro atoms. The maximum absolute atomic E-state index is 11.8. The van der Waals surface area contributed by atoms with Crippen molar-refractivity contribution < 1.29 is 19.4 Å². The Morgan fingerprint density at radius 3 is 2.53 bits per heavy atom. The molecule has 1 aliphatic heterocycles. The number of carbonyl (C=O) groups excluding carboxylic acids is 1. The molecular formula is C14H17NO4. The highest BCUT2D eigenvalue weighted by atomic mass is 16.5. The van der Waals surface area contributed by atoms with Crippen LogP contribution in [0.4, 0.5) is 5.69 Å². The minimum absolute atomic E-state index is 0.0750. The normalized spacial score (nSPS) is 19.0. The van der Waals surface area contributed by atoms with E-state index in [1.54, 1.807) is 24.3 Å². The Kier molecular flexibility index (Phi) is 3.74. The number of amides is 1. The molecule has 1 N–H and O–H groups in total. The van der Waals surface area contributed by atoms with Crippen molar-refractivity contribution in [1.82, 2.24) is 0 Å². The second-order valence-corrected chi connectivity index (χ2v) is 4.82. The van der Waals surface area contributed by atoms with E-state index < -0.39 is 12.0 Å². The quantitative estimate of drug-likeness (QED) is 0.902. The number of carbonyl (C=O) groups is 2. The fourth-order valence-electron chi connectivity index (χ4n) is 2.20. The van der Waals surface area contributed by atoms with Crippen LogP contribution in [0.15, 0.2) is 24.3 Å². The first-order valence-electron chi connectivity index (χ1n) is 6.30. The van der Waals surface area contributed by atoms with Gasteiger partial charge in [-0.05, 0) is 44.5 Å². The lowest BCUT2D eigenvalue weighted by Gasteiger charge is -2.22. The van der Waals surface area contributed by atoms with E-state index in [0.717, 1.165) is 0 Å². The Labute approximate surface area is 111 Å². The SMILES string of the molecule is CC(C)Oc1ccc(N2C(=O)CCC2C(=O)O)cc1. The first kappa shape index (κ1) is 13.4. The molecule has 1 unspecified atom stereocenters. The minimum atomic E-state index is -0.964. The van der Waals surface area contributed by atoms with E-state index in [2.05, 4.69) is 0 Å². The number of ether oxygens (including phenoxy) is 1. The van der Waals surface area contributed by atoms with Gasteiger partial charge in [0.25, 0.3) is 0 Å². The van der Waals surface area contributed by atoms with Gasteiger partial charge in [-0.3, -0.25) is 9.69 Å². The molecule has 1 aliphatic rings. The summed E-state index contributed by atoms with van der Waals surface area (Å²) in [6, 6.07) is 6.18. The lowest BCUT2D eigenvalue weighted by molar-refractivity contribution is -0.138. The van der Waals surface area contributed by atoms with Crippen molar-refractivity contribution in [2.75, 3.05) is 4.90 Å². The molecule has 1 amide bonds. The lowest BCUT2D eigenvalue weighted by atomic mass is 10.2. The van der Waals surface area contributed by atoms with Gasteiger partial charge in [-0.25, -0.2) is 4.79 Å². The van der Waals surface area contributed by atoms with Crippen LogP contribution in [0.25, 0.3) is 0 Å². The summed E-state index contributed by atoms with van der Waals surface area (Å²) in [4.78, 5) is 24.3. The van der Waals surface area contributed by atoms with Crippen LogP contribution in [-0.4, -0.2) is 29.1 Å². The number of nitrogens with zero attached hydrogens (tertiary/aromatic N) is 1. The molecule has 0 aromatic heterocycles. The first-order valence-corrected chi connectivity index (χ1v) is 6.30. The molecule has 5 nitrogen and oxygen atoms in total. The van der Waals surface area contributed by atoms with Crippen LogP contribution < -0.4 is 9.64 Å². The summed E-state index contributed by atoms with van der Waals surface area (Å²) in [5.74, 6) is -0.407. The first-order chi connectivity index (χ1) is 8.99. The summed E-state index contributed by atoms with van der Waals surface area (Å²) in [7, 11) is 0. The zero-order valence-electron chi connectivity index (χ0n) is 11.0. The number of carboxylic acid groups (broad SMARTS) is 1. The van der Waals surface area contributed by atoms with Gasteiger partial charge >= 0.3 is 5.97 Å². The summed E-state index contributed by atoms with van der Waals surface area (Å²) >= 11 is 0. The van der Waals surface area contributed by atoms with E-state index in [0.29, 0.717) is 17.9 Å². The molecule has 1 aromatic carbocycles. The average Bonchev–Trinajstić information content (AvgIpc) is 2.71. The number of rotatable bonds is 4. The lowest BCUT2D eigenvalue weighted by Crippen LogP contribution is -2.38. The van der Waals surface area contributed by atoms with Crippen molar-refractivity contribution in [3.8, 4) is 5.75 Å². The monoisotopic (exact) mass is 263 g/mol. The Morgan fingerprint density at radius 1 is 1.37 bits per heavy atom. The molecule has 0 aliphatic carbocycles. The Bertz CT molecular complexity index is 481. The molecule has 1 atom stereocenters. The Morgan fingerprint density at radius 2 is 2.00 bits per heavy atom. The van der Waals surface area contributed by atoms with Crippen molar-refractivity contribution in [1.29, 1.82) is 0 Å². The summed E-state index contributed by atoms with van der Waals surface area (Å²) < 4.78 is 5.51. The number of hydrogen-bond acceptors (Lipinski definition) is 3. The summed E-state index contributed by atoms with van der Waals surface area (Å²) in [6.07, 6.45) is 0.714. The zero-order chi connectivity index (χ0) is 14.0. The molecule has 0 saturated carbocycles. The van der Waals surface area contributed by atoms with Crippen LogP contribution in [0.3, 0.4) is 0 Å². The number of benzene rings is 1. The van der Waals surface area contributed by atoms with Crippen molar-refractivity contribution in [2.24, 2.45) is 0 Å². The molecule has 2 rings (SSSR count). The van der Waals surface area contributed by atoms with E-state index in [-0.39, 0.29) is 18.4 Å². The van der Waals surface area contributed by atoms with Crippen LogP contribution in [-0.2, 0) is 9.59 Å². The molecule has 0 bridgehead atoms. The van der Waals surface area contributed by atoms with Crippen molar-refractivity contribution >= 4 is 17.6 Å². The number of carboxylic acids is 1. The average molecular weight is 263 g/mol. The number of aliphatic carboxylic acids is 1. The third-order valence-corrected chi connectivity index (χ3v) is 2.98. The van der Waals surface area contributed by atoms with Gasteiger partial charge in [-0.2, -0.15) is 0 Å². The van der Waals surface area contributed by atoms with Crippen molar-refractivity contribution in [3.05, 3.63) is 24.3 Å². The van der Waals surface area contributed by atoms with Gasteiger partial charge in [0.1, 0.15) is 11.8 Å². The van der Waals surface area contributed by atoms with E-state index in [1.165, 1.54) is 4.90 Å². The van der Waals surface area contributed by atoms with Crippen LogP contribution in [0.1, 0.15) is 26.7 Å². The second kappa shape index (κ2) is 5.30. The molecular weight excluding hydrogens is 246 g/mol. The molecule has 1 saturated heterocycles. The molecule has 5 heteroatoms. The van der Waals surface area contributed by atoms with Crippen LogP contribution in [0.5, 0.6) is 5.75 Å². The van der Waals surface area contributed by atoms with Crippen LogP contribution in [0, 0.1) is 0 Å². The van der Waals surface area contributed by atoms with Gasteiger partial charge in [0.15, 0.2) is 0 Å². The fourth-order valence-corrected chi connectivity index (χ4v) is 2.20. The van der Waals surface area contributed by atoms with Crippen molar-refractivity contribution in [3.63, 3.8) is 0 Å². The number of anilines is 1. The van der Waals surface area contributed by atoms with E-state index in [4.69, 9.17) is 9.84 Å². The highest BCUT2D eigenvalue weighted by Gasteiger charge is 2.36. The largest absolute Gasteiger partial charge is 0.491 e. The maximum atomic E-state index is 11.8. The summed E-state index contributed by atoms with van der Waals surface area (Å²) in [5, 5.41) is 9.12. The molecule has 1 fully saturated rings. The Balaban J connectivity index is 2.21. The van der Waals surface area contributed by atoms with Gasteiger partial charge in [0.05, 0.1) is 6.10 Å². The highest BCUT2D eigenvalue weighted by molar-refractivity contribution is 6.02. The predicted molar refractivity (Wildman–Crippen MR) is 70.3 cm³/mol.